The Balaban J connectivity index is 2.38. The van der Waals surface area contributed by atoms with E-state index in [-0.39, 0.29) is 10.6 Å². The molecule has 0 aliphatic rings. The van der Waals surface area contributed by atoms with Gasteiger partial charge in [-0.1, -0.05) is 25.1 Å². The molecule has 112 valence electrons. The van der Waals surface area contributed by atoms with E-state index >= 15 is 0 Å². The van der Waals surface area contributed by atoms with Crippen LogP contribution in [0.3, 0.4) is 0 Å². The Morgan fingerprint density at radius 3 is 2.57 bits per heavy atom. The van der Waals surface area contributed by atoms with E-state index in [9.17, 15) is 12.8 Å². The van der Waals surface area contributed by atoms with Crippen molar-refractivity contribution in [3.63, 3.8) is 0 Å². The maximum atomic E-state index is 13.4. The number of para-hydroxylation sites is 1. The first-order chi connectivity index (χ1) is 9.97. The van der Waals surface area contributed by atoms with Gasteiger partial charge in [-0.2, -0.15) is 0 Å². The third kappa shape index (κ3) is 3.33. The first kappa shape index (κ1) is 15.3. The summed E-state index contributed by atoms with van der Waals surface area (Å²) in [6, 6.07) is 10.6. The molecule has 2 rings (SSSR count). The number of aryl methyl sites for hydroxylation is 1. The molecular formula is C15H16FNO3S. The Hall–Kier alpha value is -2.08. The lowest BCUT2D eigenvalue weighted by Crippen LogP contribution is -2.14. The topological polar surface area (TPSA) is 55.4 Å². The van der Waals surface area contributed by atoms with Crippen LogP contribution >= 0.6 is 0 Å². The molecule has 0 fully saturated rings. The zero-order chi connectivity index (χ0) is 15.5. The van der Waals surface area contributed by atoms with Crippen molar-refractivity contribution in [3.8, 4) is 5.75 Å². The minimum Gasteiger partial charge on any atom is -0.494 e. The molecule has 0 aromatic heterocycles. The Morgan fingerprint density at radius 2 is 1.90 bits per heavy atom. The number of rotatable bonds is 5. The average Bonchev–Trinajstić information content (AvgIpc) is 2.47. The third-order valence-corrected chi connectivity index (χ3v) is 4.44. The van der Waals surface area contributed by atoms with Crippen LogP contribution in [0, 0.1) is 5.82 Å². The highest BCUT2D eigenvalue weighted by Gasteiger charge is 2.17. The van der Waals surface area contributed by atoms with E-state index < -0.39 is 15.8 Å². The molecule has 0 bridgehead atoms. The van der Waals surface area contributed by atoms with E-state index in [1.807, 2.05) is 19.1 Å². The lowest BCUT2D eigenvalue weighted by atomic mass is 10.1. The summed E-state index contributed by atoms with van der Waals surface area (Å²) < 4.78 is 45.4. The molecule has 0 radical (unpaired) electrons. The molecule has 0 amide bonds. The molecule has 4 nitrogen and oxygen atoms in total. The summed E-state index contributed by atoms with van der Waals surface area (Å²) in [6.07, 6.45) is 0.700. The van der Waals surface area contributed by atoms with Gasteiger partial charge in [0.15, 0.2) is 11.6 Å². The van der Waals surface area contributed by atoms with Crippen molar-refractivity contribution >= 4 is 15.7 Å². The number of hydrogen-bond acceptors (Lipinski definition) is 3. The fourth-order valence-corrected chi connectivity index (χ4v) is 3.06. The second kappa shape index (κ2) is 6.13. The molecule has 0 unspecified atom stereocenters. The van der Waals surface area contributed by atoms with E-state index in [1.54, 1.807) is 12.1 Å². The maximum Gasteiger partial charge on any atom is 0.262 e. The van der Waals surface area contributed by atoms with Gasteiger partial charge in [-0.15, -0.1) is 0 Å². The van der Waals surface area contributed by atoms with Gasteiger partial charge in [0.25, 0.3) is 10.0 Å². The highest BCUT2D eigenvalue weighted by molar-refractivity contribution is 7.92. The summed E-state index contributed by atoms with van der Waals surface area (Å²) in [7, 11) is -2.51. The third-order valence-electron chi connectivity index (χ3n) is 3.08. The van der Waals surface area contributed by atoms with Gasteiger partial charge >= 0.3 is 0 Å². The van der Waals surface area contributed by atoms with E-state index in [0.717, 1.165) is 17.7 Å². The van der Waals surface area contributed by atoms with Crippen LogP contribution in [0.15, 0.2) is 47.4 Å². The van der Waals surface area contributed by atoms with Crippen LogP contribution < -0.4 is 9.46 Å². The number of methoxy groups -OCH3 is 1. The molecule has 6 heteroatoms. The van der Waals surface area contributed by atoms with Gasteiger partial charge in [-0.25, -0.2) is 12.8 Å². The summed E-state index contributed by atoms with van der Waals surface area (Å²) in [4.78, 5) is -0.0494. The summed E-state index contributed by atoms with van der Waals surface area (Å²) in [5.74, 6) is -0.716. The first-order valence-corrected chi connectivity index (χ1v) is 7.90. The van der Waals surface area contributed by atoms with Crippen molar-refractivity contribution in [1.82, 2.24) is 0 Å². The Kier molecular flexibility index (Phi) is 4.47. The second-order valence-electron chi connectivity index (χ2n) is 4.41. The lowest BCUT2D eigenvalue weighted by molar-refractivity contribution is 0.385. The van der Waals surface area contributed by atoms with Crippen LogP contribution in [0.5, 0.6) is 5.75 Å². The largest absolute Gasteiger partial charge is 0.494 e. The summed E-state index contributed by atoms with van der Waals surface area (Å²) in [6.45, 7) is 1.94. The number of ether oxygens (including phenoxy) is 1. The minimum absolute atomic E-state index is 0.0494. The van der Waals surface area contributed by atoms with Crippen molar-refractivity contribution in [2.24, 2.45) is 0 Å². The van der Waals surface area contributed by atoms with Crippen molar-refractivity contribution in [2.45, 2.75) is 18.2 Å². The average molecular weight is 309 g/mol. The molecule has 21 heavy (non-hydrogen) atoms. The lowest BCUT2D eigenvalue weighted by Gasteiger charge is -2.12. The molecule has 1 N–H and O–H groups in total. The van der Waals surface area contributed by atoms with Crippen LogP contribution in [0.4, 0.5) is 10.1 Å². The van der Waals surface area contributed by atoms with Crippen LogP contribution in [0.2, 0.25) is 0 Å². The minimum atomic E-state index is -3.79. The molecule has 0 saturated carbocycles. The molecular weight excluding hydrogens is 293 g/mol. The summed E-state index contributed by atoms with van der Waals surface area (Å²) in [5, 5.41) is 0. The van der Waals surface area contributed by atoms with Crippen LogP contribution in [0.1, 0.15) is 12.5 Å². The molecule has 0 spiro atoms. The van der Waals surface area contributed by atoms with E-state index in [2.05, 4.69) is 4.72 Å². The molecule has 2 aromatic carbocycles. The summed E-state index contributed by atoms with van der Waals surface area (Å²) >= 11 is 0. The molecule has 2 aromatic rings. The fourth-order valence-electron chi connectivity index (χ4n) is 1.94. The zero-order valence-electron chi connectivity index (χ0n) is 11.8. The highest BCUT2D eigenvalue weighted by atomic mass is 32.2. The highest BCUT2D eigenvalue weighted by Crippen LogP contribution is 2.24. The zero-order valence-corrected chi connectivity index (χ0v) is 12.6. The molecule has 0 heterocycles. The molecule has 0 saturated heterocycles. The maximum absolute atomic E-state index is 13.4. The Labute approximate surface area is 123 Å². The smallest absolute Gasteiger partial charge is 0.262 e. The second-order valence-corrected chi connectivity index (χ2v) is 6.09. The van der Waals surface area contributed by atoms with E-state index in [0.29, 0.717) is 12.1 Å². The van der Waals surface area contributed by atoms with Crippen molar-refractivity contribution in [1.29, 1.82) is 0 Å². The van der Waals surface area contributed by atoms with Gasteiger partial charge in [0.05, 0.1) is 17.7 Å². The SMILES string of the molecule is CCc1ccccc1NS(=O)(=O)c1ccc(F)c(OC)c1. The van der Waals surface area contributed by atoms with Crippen molar-refractivity contribution in [3.05, 3.63) is 53.8 Å². The Morgan fingerprint density at radius 1 is 1.19 bits per heavy atom. The van der Waals surface area contributed by atoms with Crippen LogP contribution in [-0.4, -0.2) is 15.5 Å². The van der Waals surface area contributed by atoms with Gasteiger partial charge in [0.1, 0.15) is 0 Å². The van der Waals surface area contributed by atoms with E-state index in [4.69, 9.17) is 4.74 Å². The predicted octanol–water partition coefficient (Wildman–Crippen LogP) is 3.20. The standard InChI is InChI=1S/C15H16FNO3S/c1-3-11-6-4-5-7-14(11)17-21(18,19)12-8-9-13(16)15(10-12)20-2/h4-10,17H,3H2,1-2H3. The van der Waals surface area contributed by atoms with Crippen LogP contribution in [-0.2, 0) is 16.4 Å². The van der Waals surface area contributed by atoms with E-state index in [1.165, 1.54) is 13.2 Å². The van der Waals surface area contributed by atoms with Gasteiger partial charge in [-0.3, -0.25) is 4.72 Å². The van der Waals surface area contributed by atoms with Gasteiger partial charge < -0.3 is 4.74 Å². The number of anilines is 1. The van der Waals surface area contributed by atoms with Crippen molar-refractivity contribution < 1.29 is 17.5 Å². The van der Waals surface area contributed by atoms with Gasteiger partial charge in [-0.05, 0) is 30.2 Å². The molecule has 0 aliphatic heterocycles. The number of nitrogens with one attached hydrogen (secondary N) is 1. The number of benzene rings is 2. The molecule has 0 aliphatic carbocycles. The number of halogens is 1. The monoisotopic (exact) mass is 309 g/mol. The normalized spacial score (nSPS) is 11.2. The number of sulfonamides is 1. The van der Waals surface area contributed by atoms with Crippen LogP contribution in [0.25, 0.3) is 0 Å². The molecule has 0 atom stereocenters. The number of hydrogen-bond donors (Lipinski definition) is 1. The summed E-state index contributed by atoms with van der Waals surface area (Å²) in [5.41, 5.74) is 1.40. The predicted molar refractivity (Wildman–Crippen MR) is 79.6 cm³/mol. The van der Waals surface area contributed by atoms with Crippen molar-refractivity contribution in [2.75, 3.05) is 11.8 Å². The van der Waals surface area contributed by atoms with Gasteiger partial charge in [0.2, 0.25) is 0 Å². The van der Waals surface area contributed by atoms with Gasteiger partial charge in [0, 0.05) is 6.07 Å². The first-order valence-electron chi connectivity index (χ1n) is 6.42. The Bertz CT molecular complexity index is 744. The quantitative estimate of drug-likeness (QED) is 0.923. The fraction of sp³-hybridized carbons (Fsp3) is 0.200.